The summed E-state index contributed by atoms with van der Waals surface area (Å²) >= 11 is 0. The summed E-state index contributed by atoms with van der Waals surface area (Å²) in [5.41, 5.74) is 1.40. The lowest BCUT2D eigenvalue weighted by Crippen LogP contribution is -2.54. The Labute approximate surface area is 554 Å². The zero-order valence-electron chi connectivity index (χ0n) is 53.9. The molecule has 2 bridgehead atoms. The molecule has 5 amide bonds. The van der Waals surface area contributed by atoms with Gasteiger partial charge in [0.25, 0.3) is 11.8 Å². The van der Waals surface area contributed by atoms with Crippen molar-refractivity contribution in [3.8, 4) is 35.4 Å². The van der Waals surface area contributed by atoms with Crippen LogP contribution in [0.25, 0.3) is 32.9 Å². The Morgan fingerprint density at radius 1 is 0.792 bits per heavy atom. The van der Waals surface area contributed by atoms with Gasteiger partial charge < -0.3 is 72.9 Å². The number of phenols is 1. The summed E-state index contributed by atoms with van der Waals surface area (Å²) in [5.74, 6) is -0.935. The number of benzene rings is 3. The Morgan fingerprint density at radius 2 is 1.43 bits per heavy atom. The third kappa shape index (κ3) is 16.6. The summed E-state index contributed by atoms with van der Waals surface area (Å²) in [4.78, 5) is 84.0. The molecule has 5 saturated heterocycles. The maximum Gasteiger partial charge on any atom is 0.409 e. The normalized spacial score (nSPS) is 20.8. The third-order valence-corrected chi connectivity index (χ3v) is 17.9. The van der Waals surface area contributed by atoms with Crippen molar-refractivity contribution in [1.82, 2.24) is 40.3 Å². The van der Waals surface area contributed by atoms with Crippen LogP contribution >= 0.6 is 0 Å². The fourth-order valence-corrected chi connectivity index (χ4v) is 13.2. The second-order valence-corrected chi connectivity index (χ2v) is 24.5. The lowest BCUT2D eigenvalue weighted by Gasteiger charge is -2.35. The number of amides is 5. The van der Waals surface area contributed by atoms with E-state index in [0.29, 0.717) is 161 Å². The summed E-state index contributed by atoms with van der Waals surface area (Å²) < 4.78 is 89.5. The first-order chi connectivity index (χ1) is 46.7. The summed E-state index contributed by atoms with van der Waals surface area (Å²) in [6.07, 6.45) is 11.1. The number of fused-ring (bicyclic) bond motifs is 6. The number of imide groups is 2. The maximum atomic E-state index is 17.3. The van der Waals surface area contributed by atoms with E-state index < -0.39 is 52.9 Å². The van der Waals surface area contributed by atoms with Gasteiger partial charge in [-0.25, -0.2) is 13.6 Å². The number of hydrogen-bond donors (Lipinski definition) is 4. The number of piperazine rings is 1. The van der Waals surface area contributed by atoms with Crippen LogP contribution in [0, 0.1) is 24.0 Å². The molecule has 26 nitrogen and oxygen atoms in total. The molecule has 0 saturated carbocycles. The average Bonchev–Trinajstić information content (AvgIpc) is 1.21. The molecule has 4 N–H and O–H groups in total. The van der Waals surface area contributed by atoms with Crippen molar-refractivity contribution in [3.63, 3.8) is 0 Å². The zero-order chi connectivity index (χ0) is 67.1. The van der Waals surface area contributed by atoms with E-state index in [1.165, 1.54) is 35.4 Å². The molecule has 5 aromatic rings. The molecule has 6 aliphatic heterocycles. The van der Waals surface area contributed by atoms with Crippen LogP contribution in [-0.2, 0) is 52.2 Å². The smallest absolute Gasteiger partial charge is 0.409 e. The number of pyridine rings is 1. The second kappa shape index (κ2) is 32.8. The quantitative estimate of drug-likeness (QED) is 0.0177. The summed E-state index contributed by atoms with van der Waals surface area (Å²) in [6, 6.07) is 9.60. The molecule has 28 heteroatoms. The number of carbonyl (C=O) groups excluding carboxylic acids is 5. The minimum atomic E-state index is -1.01. The highest BCUT2D eigenvalue weighted by Gasteiger charge is 2.52. The van der Waals surface area contributed by atoms with E-state index in [4.69, 9.17) is 58.8 Å². The van der Waals surface area contributed by atoms with Gasteiger partial charge in [-0.3, -0.25) is 39.3 Å². The first-order valence-electron chi connectivity index (χ1n) is 32.6. The van der Waals surface area contributed by atoms with Gasteiger partial charge in [0, 0.05) is 87.2 Å². The number of halogens is 2. The van der Waals surface area contributed by atoms with Crippen LogP contribution in [0.4, 0.5) is 25.1 Å². The number of aromatic nitrogens is 3. The number of carbonyl (C=O) groups is 5. The Balaban J connectivity index is 0.502. The van der Waals surface area contributed by atoms with Crippen LogP contribution in [0.2, 0.25) is 0 Å². The summed E-state index contributed by atoms with van der Waals surface area (Å²) in [5, 5.41) is 20.8. The first-order valence-corrected chi connectivity index (χ1v) is 32.6. The number of hydrogen-bond acceptors (Lipinski definition) is 23. The van der Waals surface area contributed by atoms with Crippen molar-refractivity contribution in [2.45, 2.75) is 74.7 Å². The number of aromatic hydroxyl groups is 1. The molecule has 0 spiro atoms. The van der Waals surface area contributed by atoms with Crippen molar-refractivity contribution in [2.75, 3.05) is 169 Å². The Bertz CT molecular complexity index is 3680. The van der Waals surface area contributed by atoms with E-state index in [1.807, 2.05) is 0 Å². The van der Waals surface area contributed by atoms with Gasteiger partial charge in [0.1, 0.15) is 47.9 Å². The number of anilines is 2. The van der Waals surface area contributed by atoms with Crippen molar-refractivity contribution in [1.29, 1.82) is 0 Å². The van der Waals surface area contributed by atoms with Crippen molar-refractivity contribution in [3.05, 3.63) is 89.1 Å². The monoisotopic (exact) mass is 1330 g/mol. The number of rotatable bonds is 36. The minimum absolute atomic E-state index is 0.0189. The Morgan fingerprint density at radius 3 is 2.07 bits per heavy atom. The number of likely N-dealkylation sites (N-methyl/N-ethyl adjacent to an activating group) is 1. The maximum absolute atomic E-state index is 17.3. The van der Waals surface area contributed by atoms with E-state index >= 15 is 8.78 Å². The van der Waals surface area contributed by atoms with Gasteiger partial charge in [-0.2, -0.15) is 9.97 Å². The van der Waals surface area contributed by atoms with Crippen LogP contribution in [0.5, 0.6) is 11.8 Å². The SMILES string of the molecule is C#Cc1c(F)ccc2cc(O)cc(-c3ncc4c(N5CC6CCC(C5)N6)nc(OC[C@@]56CC[C@@H](COC(=O)N(C)CCOCCOCCOCCOCCOCCOCCOCCOCCNc7ccc8c(c7)C(=O)N(C7CCC(=O)NC7=O)C8=O)N5CC(=C)C6)nc4c3F)c12. The Kier molecular flexibility index (Phi) is 23.7. The van der Waals surface area contributed by atoms with Gasteiger partial charge in [-0.15, -0.1) is 6.42 Å². The molecule has 0 aliphatic carbocycles. The highest BCUT2D eigenvalue weighted by molar-refractivity contribution is 6.23. The van der Waals surface area contributed by atoms with Crippen LogP contribution in [-0.4, -0.2) is 253 Å². The van der Waals surface area contributed by atoms with E-state index in [9.17, 15) is 29.1 Å². The van der Waals surface area contributed by atoms with Crippen molar-refractivity contribution < 1.29 is 85.2 Å². The molecule has 5 atom stereocenters. The summed E-state index contributed by atoms with van der Waals surface area (Å²) in [6.45, 7) is 13.5. The first kappa shape index (κ1) is 69.3. The molecular weight excluding hydrogens is 1250 g/mol. The lowest BCUT2D eigenvalue weighted by molar-refractivity contribution is -0.136. The molecular formula is C68H82F2N10O16. The van der Waals surface area contributed by atoms with E-state index in [1.54, 1.807) is 25.2 Å². The number of nitrogens with one attached hydrogen (secondary N) is 3. The fraction of sp³-hybridized carbons (Fsp3) is 0.529. The van der Waals surface area contributed by atoms with E-state index in [2.05, 4.69) is 48.2 Å². The average molecular weight is 1330 g/mol. The molecule has 96 heavy (non-hydrogen) atoms. The number of nitrogens with zero attached hydrogens (tertiary/aromatic N) is 7. The molecule has 514 valence electrons. The van der Waals surface area contributed by atoms with Crippen molar-refractivity contribution >= 4 is 62.9 Å². The van der Waals surface area contributed by atoms with Gasteiger partial charge in [0.2, 0.25) is 11.8 Å². The molecule has 3 aromatic carbocycles. The number of phenolic OH excluding ortho intramolecular Hbond substituents is 1. The predicted molar refractivity (Wildman–Crippen MR) is 346 cm³/mol. The Hall–Kier alpha value is -8.08. The van der Waals surface area contributed by atoms with Crippen LogP contribution in [0.1, 0.15) is 71.2 Å². The standard InChI is InChI=1S/C68H82F2N10O16/c1-4-50-55(69)10-5-44-33-49(81)35-53(58(44)50)60-59(70)61-54(37-72-60)62(78-39-46-6-7-47(40-78)73-46)76-66(75-61)96-42-68-14-13-48(79(68)38-43(2)36-68)41-95-67(86)77(3)16-18-88-20-22-90-24-26-92-28-30-94-32-31-93-29-27-91-25-23-89-21-19-87-17-15-71-45-8-9-51-52(34-45)65(85)80(64(51)84)56-11-12-57(82)74-63(56)83/h1,5,8-10,33-35,37,46-48,56,71,73,81H,2,6-7,11-32,36,38-42H2,3H3,(H,74,82,83)/t46?,47?,48-,56?,68-/m0/s1. The van der Waals surface area contributed by atoms with E-state index in [-0.39, 0.29) is 101 Å². The van der Waals surface area contributed by atoms with Gasteiger partial charge in [0.05, 0.1) is 133 Å². The number of piperidine rings is 1. The van der Waals surface area contributed by atoms with Gasteiger partial charge in [-0.1, -0.05) is 24.1 Å². The topological polar surface area (TPSA) is 286 Å². The largest absolute Gasteiger partial charge is 0.508 e. The van der Waals surface area contributed by atoms with Gasteiger partial charge in [-0.05, 0) is 80.3 Å². The van der Waals surface area contributed by atoms with Crippen LogP contribution in [0.3, 0.4) is 0 Å². The molecule has 0 radical (unpaired) electrons. The molecule has 8 heterocycles. The zero-order valence-corrected chi connectivity index (χ0v) is 53.9. The number of ether oxygens (including phenoxy) is 10. The highest BCUT2D eigenvalue weighted by Crippen LogP contribution is 2.45. The number of terminal acetylenes is 1. The molecule has 3 unspecified atom stereocenters. The molecule has 6 aliphatic rings. The predicted octanol–water partition coefficient (Wildman–Crippen LogP) is 5.01. The fourth-order valence-electron chi connectivity index (χ4n) is 13.2. The second-order valence-electron chi connectivity index (χ2n) is 24.5. The molecule has 11 rings (SSSR count). The van der Waals surface area contributed by atoms with Crippen LogP contribution in [0.15, 0.2) is 60.8 Å². The van der Waals surface area contributed by atoms with Crippen molar-refractivity contribution in [2.24, 2.45) is 0 Å². The van der Waals surface area contributed by atoms with Gasteiger partial charge in [0.15, 0.2) is 5.82 Å². The van der Waals surface area contributed by atoms with Crippen LogP contribution < -0.4 is 25.6 Å². The van der Waals surface area contributed by atoms with E-state index in [0.717, 1.165) is 36.2 Å². The third-order valence-electron chi connectivity index (χ3n) is 17.9. The molecule has 2 aromatic heterocycles. The summed E-state index contributed by atoms with van der Waals surface area (Å²) in [7, 11) is 1.66. The lowest BCUT2D eigenvalue weighted by atomic mass is 9.94. The van der Waals surface area contributed by atoms with Gasteiger partial charge >= 0.3 is 12.1 Å². The molecule has 5 fully saturated rings. The minimum Gasteiger partial charge on any atom is -0.508 e. The highest BCUT2D eigenvalue weighted by atomic mass is 19.1.